The van der Waals surface area contributed by atoms with Crippen molar-refractivity contribution in [3.63, 3.8) is 0 Å². The zero-order chi connectivity index (χ0) is 18.7. The Balaban J connectivity index is 1.62. The number of anilines is 1. The van der Waals surface area contributed by atoms with Crippen LogP contribution in [0.5, 0.6) is 0 Å². The van der Waals surface area contributed by atoms with E-state index in [-0.39, 0.29) is 11.4 Å². The van der Waals surface area contributed by atoms with Crippen LogP contribution >= 0.6 is 11.8 Å². The zero-order valence-electron chi connectivity index (χ0n) is 13.8. The number of aromatic nitrogens is 3. The Bertz CT molecular complexity index is 815. The molecular weight excluding hydrogens is 365 g/mol. The predicted molar refractivity (Wildman–Crippen MR) is 93.0 cm³/mol. The van der Waals surface area contributed by atoms with Crippen LogP contribution in [0.15, 0.2) is 42.1 Å². The molecule has 1 aliphatic carbocycles. The van der Waals surface area contributed by atoms with Crippen molar-refractivity contribution < 1.29 is 18.0 Å². The van der Waals surface area contributed by atoms with Crippen LogP contribution in [0.25, 0.3) is 0 Å². The van der Waals surface area contributed by atoms with Crippen LogP contribution in [-0.2, 0) is 17.5 Å². The lowest BCUT2D eigenvalue weighted by atomic mass is 10.2. The predicted octanol–water partition coefficient (Wildman–Crippen LogP) is 4.09. The Morgan fingerprint density at radius 1 is 1.38 bits per heavy atom. The van der Waals surface area contributed by atoms with E-state index in [1.807, 2.05) is 4.57 Å². The highest BCUT2D eigenvalue weighted by molar-refractivity contribution is 7.99. The van der Waals surface area contributed by atoms with Crippen molar-refractivity contribution in [2.75, 3.05) is 11.1 Å². The SMILES string of the molecule is C=CCn1c(SCC(=O)Nc2cccc(C(F)(F)F)c2)nnc1C1CC1. The Morgan fingerprint density at radius 2 is 2.15 bits per heavy atom. The minimum absolute atomic E-state index is 0.0240. The standard InChI is InChI=1S/C17H17F3N4OS/c1-2-8-24-15(11-6-7-11)22-23-16(24)26-10-14(25)21-13-5-3-4-12(9-13)17(18,19)20/h2-5,9,11H,1,6-8,10H2,(H,21,25). The van der Waals surface area contributed by atoms with Crippen LogP contribution in [0.3, 0.4) is 0 Å². The molecule has 0 atom stereocenters. The number of amides is 1. The maximum absolute atomic E-state index is 12.7. The van der Waals surface area contributed by atoms with Crippen LogP contribution < -0.4 is 5.32 Å². The third kappa shape index (κ3) is 4.46. The maximum atomic E-state index is 12.7. The first-order valence-corrected chi connectivity index (χ1v) is 9.01. The summed E-state index contributed by atoms with van der Waals surface area (Å²) < 4.78 is 40.1. The average Bonchev–Trinajstić information content (AvgIpc) is 3.35. The molecule has 0 aliphatic heterocycles. The average molecular weight is 382 g/mol. The molecule has 1 aliphatic rings. The quantitative estimate of drug-likeness (QED) is 0.579. The van der Waals surface area contributed by atoms with E-state index in [0.29, 0.717) is 17.6 Å². The molecule has 1 aromatic carbocycles. The summed E-state index contributed by atoms with van der Waals surface area (Å²) in [6.45, 7) is 4.27. The summed E-state index contributed by atoms with van der Waals surface area (Å²) in [7, 11) is 0. The van der Waals surface area contributed by atoms with E-state index in [1.54, 1.807) is 6.08 Å². The molecule has 1 fully saturated rings. The maximum Gasteiger partial charge on any atom is 0.416 e. The van der Waals surface area contributed by atoms with Gasteiger partial charge in [-0.1, -0.05) is 23.9 Å². The van der Waals surface area contributed by atoms with E-state index in [1.165, 1.54) is 23.9 Å². The second-order valence-corrected chi connectivity index (χ2v) is 6.87. The minimum Gasteiger partial charge on any atom is -0.325 e. The Morgan fingerprint density at radius 3 is 2.81 bits per heavy atom. The van der Waals surface area contributed by atoms with Crippen LogP contribution in [0, 0.1) is 0 Å². The number of hydrogen-bond donors (Lipinski definition) is 1. The van der Waals surface area contributed by atoms with Crippen molar-refractivity contribution in [3.05, 3.63) is 48.3 Å². The summed E-state index contributed by atoms with van der Waals surface area (Å²) in [5.74, 6) is 0.924. The largest absolute Gasteiger partial charge is 0.416 e. The Labute approximate surface area is 152 Å². The molecule has 1 amide bonds. The highest BCUT2D eigenvalue weighted by atomic mass is 32.2. The van der Waals surface area contributed by atoms with Gasteiger partial charge in [-0.15, -0.1) is 16.8 Å². The van der Waals surface area contributed by atoms with Gasteiger partial charge in [-0.2, -0.15) is 13.2 Å². The molecule has 0 saturated heterocycles. The molecule has 0 spiro atoms. The summed E-state index contributed by atoms with van der Waals surface area (Å²) in [4.78, 5) is 12.1. The molecule has 0 radical (unpaired) electrons. The highest BCUT2D eigenvalue weighted by Crippen LogP contribution is 2.40. The fraction of sp³-hybridized carbons (Fsp3) is 0.353. The van der Waals surface area contributed by atoms with E-state index in [9.17, 15) is 18.0 Å². The number of nitrogens with zero attached hydrogens (tertiary/aromatic N) is 3. The van der Waals surface area contributed by atoms with Crippen LogP contribution in [0.4, 0.5) is 18.9 Å². The van der Waals surface area contributed by atoms with Crippen molar-refractivity contribution in [3.8, 4) is 0 Å². The van der Waals surface area contributed by atoms with Crippen molar-refractivity contribution >= 4 is 23.4 Å². The van der Waals surface area contributed by atoms with Gasteiger partial charge < -0.3 is 9.88 Å². The summed E-state index contributed by atoms with van der Waals surface area (Å²) >= 11 is 1.20. The highest BCUT2D eigenvalue weighted by Gasteiger charge is 2.31. The molecule has 26 heavy (non-hydrogen) atoms. The van der Waals surface area contributed by atoms with Gasteiger partial charge in [0.05, 0.1) is 11.3 Å². The fourth-order valence-electron chi connectivity index (χ4n) is 2.45. The molecule has 0 unspecified atom stereocenters. The second kappa shape index (κ2) is 7.53. The molecule has 5 nitrogen and oxygen atoms in total. The van der Waals surface area contributed by atoms with E-state index < -0.39 is 17.6 Å². The number of alkyl halides is 3. The normalized spacial score (nSPS) is 14.3. The molecule has 138 valence electrons. The van der Waals surface area contributed by atoms with Crippen LogP contribution in [0.2, 0.25) is 0 Å². The molecular formula is C17H17F3N4OS. The molecule has 1 saturated carbocycles. The summed E-state index contributed by atoms with van der Waals surface area (Å²) in [6, 6.07) is 4.55. The third-order valence-electron chi connectivity index (χ3n) is 3.81. The number of carbonyl (C=O) groups excluding carboxylic acids is 1. The Hall–Kier alpha value is -2.29. The van der Waals surface area contributed by atoms with Gasteiger partial charge in [0.15, 0.2) is 5.16 Å². The van der Waals surface area contributed by atoms with Crippen LogP contribution in [0.1, 0.15) is 30.1 Å². The lowest BCUT2D eigenvalue weighted by Gasteiger charge is -2.10. The smallest absolute Gasteiger partial charge is 0.325 e. The molecule has 1 heterocycles. The number of thioether (sulfide) groups is 1. The van der Waals surface area contributed by atoms with Crippen molar-refractivity contribution in [2.45, 2.75) is 36.6 Å². The van der Waals surface area contributed by atoms with E-state index in [2.05, 4.69) is 22.1 Å². The molecule has 1 aromatic heterocycles. The van der Waals surface area contributed by atoms with E-state index in [0.717, 1.165) is 30.8 Å². The molecule has 9 heteroatoms. The zero-order valence-corrected chi connectivity index (χ0v) is 14.6. The van der Waals surface area contributed by atoms with Crippen LogP contribution in [-0.4, -0.2) is 26.4 Å². The monoisotopic (exact) mass is 382 g/mol. The molecule has 3 rings (SSSR count). The van der Waals surface area contributed by atoms with Gasteiger partial charge in [0.2, 0.25) is 5.91 Å². The number of rotatable bonds is 7. The van der Waals surface area contributed by atoms with E-state index in [4.69, 9.17) is 0 Å². The van der Waals surface area contributed by atoms with Crippen molar-refractivity contribution in [1.82, 2.24) is 14.8 Å². The first-order chi connectivity index (χ1) is 12.4. The number of hydrogen-bond acceptors (Lipinski definition) is 4. The van der Waals surface area contributed by atoms with Gasteiger partial charge in [0, 0.05) is 18.2 Å². The first-order valence-electron chi connectivity index (χ1n) is 8.02. The summed E-state index contributed by atoms with van der Waals surface area (Å²) in [5, 5.41) is 11.4. The topological polar surface area (TPSA) is 59.8 Å². The summed E-state index contributed by atoms with van der Waals surface area (Å²) in [5.41, 5.74) is -0.695. The number of carbonyl (C=O) groups is 1. The molecule has 1 N–H and O–H groups in total. The lowest BCUT2D eigenvalue weighted by molar-refractivity contribution is -0.137. The number of allylic oxidation sites excluding steroid dienone is 1. The minimum atomic E-state index is -4.45. The van der Waals surface area contributed by atoms with Crippen molar-refractivity contribution in [1.29, 1.82) is 0 Å². The van der Waals surface area contributed by atoms with Gasteiger partial charge in [-0.05, 0) is 31.0 Å². The first kappa shape index (κ1) is 18.5. The van der Waals surface area contributed by atoms with Gasteiger partial charge in [0.25, 0.3) is 0 Å². The number of halogens is 3. The van der Waals surface area contributed by atoms with Gasteiger partial charge in [0.1, 0.15) is 5.82 Å². The summed E-state index contributed by atoms with van der Waals surface area (Å²) in [6.07, 6.45) is -0.552. The second-order valence-electron chi connectivity index (χ2n) is 5.93. The lowest BCUT2D eigenvalue weighted by Crippen LogP contribution is -2.15. The van der Waals surface area contributed by atoms with Gasteiger partial charge >= 0.3 is 6.18 Å². The number of benzene rings is 1. The number of nitrogens with one attached hydrogen (secondary N) is 1. The Kier molecular flexibility index (Phi) is 5.36. The van der Waals surface area contributed by atoms with Gasteiger partial charge in [-0.25, -0.2) is 0 Å². The van der Waals surface area contributed by atoms with Gasteiger partial charge in [-0.3, -0.25) is 4.79 Å². The molecule has 2 aromatic rings. The van der Waals surface area contributed by atoms with E-state index >= 15 is 0 Å². The fourth-order valence-corrected chi connectivity index (χ4v) is 3.21. The van der Waals surface area contributed by atoms with Crippen molar-refractivity contribution in [2.24, 2.45) is 0 Å². The molecule has 0 bridgehead atoms. The third-order valence-corrected chi connectivity index (χ3v) is 4.77.